The van der Waals surface area contributed by atoms with Crippen LogP contribution in [0, 0.1) is 0 Å². The number of hydrazine groups is 1. The molecule has 0 saturated carbocycles. The summed E-state index contributed by atoms with van der Waals surface area (Å²) < 4.78 is 63.1. The molecule has 116 heavy (non-hydrogen) atoms. The van der Waals surface area contributed by atoms with Gasteiger partial charge in [-0.05, 0) is 156 Å². The molecular formula is C80H118MnN12O22S. The average Bonchev–Trinajstić information content (AvgIpc) is 1.66. The Morgan fingerprint density at radius 2 is 0.905 bits per heavy atom. The molecule has 6 rings (SSSR count). The van der Waals surface area contributed by atoms with Crippen molar-refractivity contribution in [3.05, 3.63) is 165 Å². The molecule has 0 radical (unpaired) electrons. The maximum atomic E-state index is 12.3. The van der Waals surface area contributed by atoms with Crippen molar-refractivity contribution in [3.8, 4) is 0 Å². The molecule has 2 aliphatic rings. The first kappa shape index (κ1) is 108. The number of nitrogens with zero attached hydrogens (tertiary/aromatic N) is 2. The van der Waals surface area contributed by atoms with E-state index in [1.165, 1.54) is 47.1 Å². The first-order valence-corrected chi connectivity index (χ1v) is 39.2. The molecule has 4 aromatic carbocycles. The Hall–Kier alpha value is -9.72. The number of methoxy groups -OCH3 is 2. The number of unbranched alkanes of at least 4 members (excludes halogenated alkanes) is 1. The van der Waals surface area contributed by atoms with Crippen LogP contribution in [0.15, 0.2) is 115 Å². The van der Waals surface area contributed by atoms with E-state index in [-0.39, 0.29) is 72.2 Å². The molecule has 0 aliphatic carbocycles. The number of allylic oxidation sites excluding steroid dienone is 3. The molecular weight excluding hydrogens is 1570 g/mol. The third-order valence-corrected chi connectivity index (χ3v) is 16.4. The van der Waals surface area contributed by atoms with Gasteiger partial charge < -0.3 is 91.9 Å². The number of ether oxygens (including phenoxy) is 9. The Morgan fingerprint density at radius 1 is 0.534 bits per heavy atom. The maximum absolute atomic E-state index is 12.3. The number of aldehydes is 1. The second-order valence-electron chi connectivity index (χ2n) is 24.1. The van der Waals surface area contributed by atoms with Crippen molar-refractivity contribution >= 4 is 101 Å². The Balaban J connectivity index is 0. The van der Waals surface area contributed by atoms with Crippen LogP contribution in [0.5, 0.6) is 0 Å². The molecule has 643 valence electrons. The number of benzene rings is 4. The molecule has 3 unspecified atom stereocenters. The fraction of sp³-hybridized carbons (Fsp3) is 0.475. The second kappa shape index (κ2) is 74.1. The Bertz CT molecular complexity index is 3620. The van der Waals surface area contributed by atoms with Crippen LogP contribution in [0.25, 0.3) is 23.8 Å². The first-order chi connectivity index (χ1) is 56.0. The van der Waals surface area contributed by atoms with Gasteiger partial charge in [0, 0.05) is 99.8 Å². The summed E-state index contributed by atoms with van der Waals surface area (Å²) in [7, 11) is 2.65. The van der Waals surface area contributed by atoms with Gasteiger partial charge in [0.25, 0.3) is 17.5 Å². The average molecular weight is 1690 g/mol. The monoisotopic (exact) mass is 1690 g/mol. The van der Waals surface area contributed by atoms with Crippen molar-refractivity contribution in [1.82, 2.24) is 26.6 Å². The summed E-state index contributed by atoms with van der Waals surface area (Å²) in [6, 6.07) is 27.7. The van der Waals surface area contributed by atoms with Crippen LogP contribution in [0.1, 0.15) is 161 Å². The molecule has 3 atom stereocenters. The van der Waals surface area contributed by atoms with E-state index in [0.717, 1.165) is 67.3 Å². The minimum atomic E-state index is -1.44. The molecule has 0 aromatic heterocycles. The molecule has 34 nitrogen and oxygen atoms in total. The van der Waals surface area contributed by atoms with E-state index in [2.05, 4.69) is 68.7 Å². The fourth-order valence-corrected chi connectivity index (χ4v) is 10.8. The van der Waals surface area contributed by atoms with Gasteiger partial charge in [-0.3, -0.25) is 50.0 Å². The number of carbonyl (C=O) groups excluding carboxylic acids is 11. The van der Waals surface area contributed by atoms with Crippen molar-refractivity contribution in [2.45, 2.75) is 110 Å². The number of nitrogens with two attached hydrogens (primary N) is 5. The Labute approximate surface area is 689 Å². The number of esters is 3. The molecule has 2 aliphatic heterocycles. The summed E-state index contributed by atoms with van der Waals surface area (Å²) in [5.41, 5.74) is 29.1. The number of hydrogen-bond donors (Lipinski definition) is 10. The van der Waals surface area contributed by atoms with Gasteiger partial charge in [-0.2, -0.15) is 16.6 Å². The van der Waals surface area contributed by atoms with Crippen LogP contribution in [0.3, 0.4) is 0 Å². The SMILES string of the molecule is CC(/C=C\c1ccc(C(=O)NCCCOCCOCCOCCCNC(=O)CCCCC2SCC3NC(=O)NC32)cc1)=[N+]=[N-].CC(=O)/C=C\c1ccc(C(=O)NCCCOCCOCCOCCCN)cc1.CCOC(=O)CC(C)=O.COC(=O)c1ccc(/C=C\C(C)=O)cc1.COC(=O)c1ccc(C=O)cc1.NCN.NN.[O]=[Mn]=[O]. The zero-order chi connectivity index (χ0) is 86.8. The number of ketones is 3. The number of urea groups is 1. The minimum absolute atomic E-state index is 0.00737. The van der Waals surface area contributed by atoms with Gasteiger partial charge in [-0.15, -0.1) is 0 Å². The fourth-order valence-electron chi connectivity index (χ4n) is 9.24. The summed E-state index contributed by atoms with van der Waals surface area (Å²) in [5, 5.41) is 15.1. The van der Waals surface area contributed by atoms with Crippen LogP contribution in [-0.4, -0.2) is 232 Å². The molecule has 0 bridgehead atoms. The number of thioether (sulfide) groups is 1. The summed E-state index contributed by atoms with van der Waals surface area (Å²) >= 11 is 0.466. The second-order valence-corrected chi connectivity index (χ2v) is 25.6. The summed E-state index contributed by atoms with van der Waals surface area (Å²) in [5.74, 6) is 7.40. The molecule has 4 aromatic rings. The molecule has 15 N–H and O–H groups in total. The number of rotatable bonds is 46. The molecule has 2 fully saturated rings. The van der Waals surface area contributed by atoms with Gasteiger partial charge >= 0.3 is 46.4 Å². The predicted octanol–water partition coefficient (Wildman–Crippen LogP) is 5.93. The molecule has 5 amide bonds. The molecule has 0 spiro atoms. The number of fused-ring (bicyclic) bond motifs is 1. The van der Waals surface area contributed by atoms with Gasteiger partial charge in [0.05, 0.1) is 96.9 Å². The zero-order valence-electron chi connectivity index (χ0n) is 67.4. The third-order valence-electron chi connectivity index (χ3n) is 14.9. The normalized spacial score (nSPS) is 13.1. The zero-order valence-corrected chi connectivity index (χ0v) is 69.4. The summed E-state index contributed by atoms with van der Waals surface area (Å²) in [4.78, 5) is 125. The van der Waals surface area contributed by atoms with Crippen molar-refractivity contribution in [1.29, 1.82) is 0 Å². The van der Waals surface area contributed by atoms with Gasteiger partial charge in [-0.25, -0.2) is 14.4 Å². The quantitative estimate of drug-likeness (QED) is 0.00194. The number of Topliss-reactive ketones (excluding diaryl/α,β-unsaturated/α-hetero) is 1. The van der Waals surface area contributed by atoms with E-state index in [1.807, 2.05) is 30.0 Å². The first-order valence-electron chi connectivity index (χ1n) is 37.2. The van der Waals surface area contributed by atoms with Crippen molar-refractivity contribution in [2.24, 2.45) is 28.9 Å². The van der Waals surface area contributed by atoms with Crippen molar-refractivity contribution < 1.29 is 123 Å². The van der Waals surface area contributed by atoms with Gasteiger partial charge in [0.2, 0.25) is 5.91 Å². The number of amides is 5. The van der Waals surface area contributed by atoms with Crippen LogP contribution in [-0.2, 0) is 89.1 Å². The summed E-state index contributed by atoms with van der Waals surface area (Å²) in [6.07, 6.45) is 16.9. The van der Waals surface area contributed by atoms with Crippen molar-refractivity contribution in [2.75, 3.05) is 139 Å². The van der Waals surface area contributed by atoms with Gasteiger partial charge in [0.15, 0.2) is 11.6 Å². The standard InChI is InChI=1S/C31H46N6O6S.C21H32N2O5.C12H12O3.C9H8O3.C6H10O3.CH6N2.Mn.H4N2.2O/c1-23(37-32)8-9-24-10-12-25(13-11-24)30(39)34-15-5-17-42-19-21-43-20-18-41-16-4-14-33-28(38)7-3-2-6-27-29-26(22-44-27)35-31(40)36-29;1-18(24)4-5-19-6-8-20(9-7-19)21(25)23-11-3-13-27-15-17-28-16-14-26-12-2-10-22;1-9(13)3-4-10-5-7-11(8-6-10)12(14)15-2;1-12-9(11)8-4-2-7(6-10)3-5-8;1-3-9-6(8)4-5(2)7;2-1-3;;1-2;;/h8-13,26-27,29H,2-7,14-22H2,1H3,(H,33,38)(H,34,39)(H2,35,36,40);4-9H,2-3,10-17,22H2,1H3,(H,23,25);3-8H,1-2H3;2-6H,1H3;3-4H2,1-2H3;1-3H2;;1-2H2;;/b9-8-;5-4-;4-3-;;;;;;;. The van der Waals surface area contributed by atoms with E-state index in [0.29, 0.717) is 164 Å². The van der Waals surface area contributed by atoms with E-state index in [1.54, 1.807) is 117 Å². The van der Waals surface area contributed by atoms with E-state index in [9.17, 15) is 52.7 Å². The Morgan fingerprint density at radius 3 is 1.27 bits per heavy atom. The Kier molecular flexibility index (Phi) is 69.2. The van der Waals surface area contributed by atoms with E-state index >= 15 is 0 Å². The summed E-state index contributed by atoms with van der Waals surface area (Å²) in [6.45, 7) is 17.0. The molecule has 2 heterocycles. The van der Waals surface area contributed by atoms with Crippen LogP contribution in [0.4, 0.5) is 4.79 Å². The van der Waals surface area contributed by atoms with Crippen molar-refractivity contribution in [3.63, 3.8) is 0 Å². The number of nitrogens with one attached hydrogen (secondary N) is 5. The van der Waals surface area contributed by atoms with Gasteiger partial charge in [-0.1, -0.05) is 67.1 Å². The van der Waals surface area contributed by atoms with Crippen LogP contribution >= 0.6 is 11.8 Å². The topological polar surface area (TPSA) is 532 Å². The number of hydrogen-bond acceptors (Lipinski definition) is 28. The predicted molar refractivity (Wildman–Crippen MR) is 436 cm³/mol. The third kappa shape index (κ3) is 59.0. The molecule has 36 heteroatoms. The van der Waals surface area contributed by atoms with Crippen LogP contribution in [0.2, 0.25) is 0 Å². The van der Waals surface area contributed by atoms with Gasteiger partial charge in [0.1, 0.15) is 18.5 Å². The number of carbonyl (C=O) groups is 11. The molecule has 2 saturated heterocycles. The van der Waals surface area contributed by atoms with E-state index < -0.39 is 26.8 Å². The van der Waals surface area contributed by atoms with E-state index in [4.69, 9.17) is 47.4 Å². The van der Waals surface area contributed by atoms with Crippen LogP contribution < -0.4 is 55.5 Å².